The highest BCUT2D eigenvalue weighted by Crippen LogP contribution is 2.25. The molecular formula is C13H20N2O5. The van der Waals surface area contributed by atoms with Gasteiger partial charge >= 0.3 is 5.97 Å². The largest absolute Gasteiger partial charge is 0.480 e. The SMILES string of the molecule is CC(=O)N1CCC(C(=O)N2C[C@@H](O)C[C@H]2C(=O)O)CC1. The Bertz CT molecular complexity index is 417. The fourth-order valence-corrected chi connectivity index (χ4v) is 2.97. The molecule has 112 valence electrons. The highest BCUT2D eigenvalue weighted by atomic mass is 16.4. The van der Waals surface area contributed by atoms with Crippen molar-refractivity contribution in [2.24, 2.45) is 5.92 Å². The molecule has 0 aromatic heterocycles. The molecule has 7 nitrogen and oxygen atoms in total. The zero-order chi connectivity index (χ0) is 14.9. The molecule has 2 fully saturated rings. The summed E-state index contributed by atoms with van der Waals surface area (Å²) in [4.78, 5) is 37.7. The molecule has 0 unspecified atom stereocenters. The van der Waals surface area contributed by atoms with Gasteiger partial charge in [-0.25, -0.2) is 4.79 Å². The summed E-state index contributed by atoms with van der Waals surface area (Å²) in [7, 11) is 0. The van der Waals surface area contributed by atoms with Gasteiger partial charge in [0.25, 0.3) is 0 Å². The van der Waals surface area contributed by atoms with Crippen molar-refractivity contribution in [2.45, 2.75) is 38.3 Å². The number of rotatable bonds is 2. The molecule has 0 aliphatic carbocycles. The minimum atomic E-state index is -1.07. The topological polar surface area (TPSA) is 98.2 Å². The van der Waals surface area contributed by atoms with Crippen LogP contribution in [0.2, 0.25) is 0 Å². The molecule has 2 N–H and O–H groups in total. The third-order valence-electron chi connectivity index (χ3n) is 4.14. The predicted octanol–water partition coefficient (Wildman–Crippen LogP) is -0.709. The maximum Gasteiger partial charge on any atom is 0.326 e. The van der Waals surface area contributed by atoms with Gasteiger partial charge in [-0.2, -0.15) is 0 Å². The number of aliphatic carboxylic acids is 1. The molecule has 2 rings (SSSR count). The number of carboxylic acids is 1. The van der Waals surface area contributed by atoms with Crippen LogP contribution in [-0.2, 0) is 14.4 Å². The molecule has 0 radical (unpaired) electrons. The number of hydrogen-bond donors (Lipinski definition) is 2. The van der Waals surface area contributed by atoms with E-state index in [1.165, 1.54) is 11.8 Å². The fraction of sp³-hybridized carbons (Fsp3) is 0.769. The summed E-state index contributed by atoms with van der Waals surface area (Å²) < 4.78 is 0. The van der Waals surface area contributed by atoms with Crippen LogP contribution in [0, 0.1) is 5.92 Å². The van der Waals surface area contributed by atoms with Gasteiger partial charge in [-0.05, 0) is 12.8 Å². The Kier molecular flexibility index (Phi) is 4.27. The van der Waals surface area contributed by atoms with Crippen LogP contribution in [0.1, 0.15) is 26.2 Å². The molecule has 7 heteroatoms. The Hall–Kier alpha value is -1.63. The normalized spacial score (nSPS) is 27.7. The number of hydrogen-bond acceptors (Lipinski definition) is 4. The van der Waals surface area contributed by atoms with Crippen molar-refractivity contribution in [2.75, 3.05) is 19.6 Å². The van der Waals surface area contributed by atoms with Crippen LogP contribution < -0.4 is 0 Å². The van der Waals surface area contributed by atoms with Crippen LogP contribution in [0.15, 0.2) is 0 Å². The molecule has 2 amide bonds. The number of nitrogens with zero attached hydrogens (tertiary/aromatic N) is 2. The number of likely N-dealkylation sites (tertiary alicyclic amines) is 2. The molecule has 0 saturated carbocycles. The van der Waals surface area contributed by atoms with E-state index in [-0.39, 0.29) is 30.7 Å². The lowest BCUT2D eigenvalue weighted by atomic mass is 9.95. The van der Waals surface area contributed by atoms with Crippen LogP contribution in [-0.4, -0.2) is 69.6 Å². The Morgan fingerprint density at radius 1 is 1.15 bits per heavy atom. The number of aliphatic hydroxyl groups is 1. The monoisotopic (exact) mass is 284 g/mol. The van der Waals surface area contributed by atoms with Gasteiger partial charge in [0, 0.05) is 38.9 Å². The van der Waals surface area contributed by atoms with Crippen molar-refractivity contribution in [3.63, 3.8) is 0 Å². The molecule has 2 aliphatic heterocycles. The molecular weight excluding hydrogens is 264 g/mol. The number of carbonyl (C=O) groups is 3. The van der Waals surface area contributed by atoms with Gasteiger partial charge in [-0.1, -0.05) is 0 Å². The van der Waals surface area contributed by atoms with Crippen LogP contribution in [0.3, 0.4) is 0 Å². The summed E-state index contributed by atoms with van der Waals surface area (Å²) in [6.07, 6.45) is 0.430. The standard InChI is InChI=1S/C13H20N2O5/c1-8(16)14-4-2-9(3-5-14)12(18)15-7-10(17)6-11(15)13(19)20/h9-11,17H,2-7H2,1H3,(H,19,20)/t10-,11-/m0/s1. The maximum atomic E-state index is 12.4. The fourth-order valence-electron chi connectivity index (χ4n) is 2.97. The van der Waals surface area contributed by atoms with Gasteiger partial charge in [0.1, 0.15) is 6.04 Å². The van der Waals surface area contributed by atoms with E-state index in [9.17, 15) is 19.5 Å². The van der Waals surface area contributed by atoms with Crippen LogP contribution in [0.25, 0.3) is 0 Å². The molecule has 2 atom stereocenters. The van der Waals surface area contributed by atoms with Gasteiger partial charge in [0.15, 0.2) is 0 Å². The lowest BCUT2D eigenvalue weighted by molar-refractivity contribution is -0.151. The molecule has 20 heavy (non-hydrogen) atoms. The van der Waals surface area contributed by atoms with Gasteiger partial charge in [0.05, 0.1) is 6.10 Å². The van der Waals surface area contributed by atoms with Crippen molar-refractivity contribution in [3.05, 3.63) is 0 Å². The van der Waals surface area contributed by atoms with Crippen molar-refractivity contribution in [1.82, 2.24) is 9.80 Å². The minimum Gasteiger partial charge on any atom is -0.480 e. The summed E-state index contributed by atoms with van der Waals surface area (Å²) in [6, 6.07) is -0.927. The second-order valence-corrected chi connectivity index (χ2v) is 5.51. The number of carboxylic acid groups (broad SMARTS) is 1. The minimum absolute atomic E-state index is 0.00379. The van der Waals surface area contributed by atoms with Crippen molar-refractivity contribution in [1.29, 1.82) is 0 Å². The first-order valence-corrected chi connectivity index (χ1v) is 6.87. The number of carbonyl (C=O) groups excluding carboxylic acids is 2. The zero-order valence-electron chi connectivity index (χ0n) is 11.5. The number of amides is 2. The molecule has 0 aromatic rings. The third-order valence-corrected chi connectivity index (χ3v) is 4.14. The van der Waals surface area contributed by atoms with E-state index in [0.717, 1.165) is 0 Å². The van der Waals surface area contributed by atoms with Crippen molar-refractivity contribution >= 4 is 17.8 Å². The Labute approximate surface area is 117 Å². The lowest BCUT2D eigenvalue weighted by Crippen LogP contribution is -2.47. The summed E-state index contributed by atoms with van der Waals surface area (Å²) in [5.74, 6) is -1.54. The van der Waals surface area contributed by atoms with E-state index < -0.39 is 18.1 Å². The zero-order valence-corrected chi connectivity index (χ0v) is 11.5. The van der Waals surface area contributed by atoms with Crippen LogP contribution in [0.5, 0.6) is 0 Å². The molecule has 0 bridgehead atoms. The quantitative estimate of drug-likeness (QED) is 0.698. The van der Waals surface area contributed by atoms with Crippen LogP contribution >= 0.6 is 0 Å². The maximum absolute atomic E-state index is 12.4. The summed E-state index contributed by atoms with van der Waals surface area (Å²) >= 11 is 0. The molecule has 2 aliphatic rings. The average Bonchev–Trinajstić information content (AvgIpc) is 2.80. The molecule has 2 heterocycles. The van der Waals surface area contributed by atoms with Gasteiger partial charge in [-0.15, -0.1) is 0 Å². The molecule has 0 spiro atoms. The number of β-amino-alcohol motifs (C(OH)–C–C–N with tert-alkyl or cyclic N) is 1. The van der Waals surface area contributed by atoms with Gasteiger partial charge in [0.2, 0.25) is 11.8 Å². The molecule has 2 saturated heterocycles. The van der Waals surface area contributed by atoms with Crippen LogP contribution in [0.4, 0.5) is 0 Å². The first-order valence-electron chi connectivity index (χ1n) is 6.87. The smallest absolute Gasteiger partial charge is 0.326 e. The first-order chi connectivity index (χ1) is 9.40. The Balaban J connectivity index is 1.98. The Morgan fingerprint density at radius 3 is 2.25 bits per heavy atom. The predicted molar refractivity (Wildman–Crippen MR) is 68.7 cm³/mol. The van der Waals surface area contributed by atoms with Gasteiger partial charge in [-0.3, -0.25) is 9.59 Å². The van der Waals surface area contributed by atoms with Crippen molar-refractivity contribution in [3.8, 4) is 0 Å². The third kappa shape index (κ3) is 2.92. The highest BCUT2D eigenvalue weighted by Gasteiger charge is 2.41. The van der Waals surface area contributed by atoms with E-state index in [4.69, 9.17) is 5.11 Å². The van der Waals surface area contributed by atoms with E-state index in [0.29, 0.717) is 25.9 Å². The first kappa shape index (κ1) is 14.8. The average molecular weight is 284 g/mol. The number of piperidine rings is 1. The van der Waals surface area contributed by atoms with E-state index in [1.54, 1.807) is 4.90 Å². The van der Waals surface area contributed by atoms with E-state index in [2.05, 4.69) is 0 Å². The lowest BCUT2D eigenvalue weighted by Gasteiger charge is -2.33. The van der Waals surface area contributed by atoms with Gasteiger partial charge < -0.3 is 20.0 Å². The highest BCUT2D eigenvalue weighted by molar-refractivity contribution is 5.86. The van der Waals surface area contributed by atoms with E-state index >= 15 is 0 Å². The summed E-state index contributed by atoms with van der Waals surface area (Å²) in [5.41, 5.74) is 0. The molecule has 0 aromatic carbocycles. The summed E-state index contributed by atoms with van der Waals surface area (Å²) in [6.45, 7) is 2.64. The van der Waals surface area contributed by atoms with Crippen molar-refractivity contribution < 1.29 is 24.6 Å². The second kappa shape index (κ2) is 5.78. The number of aliphatic hydroxyl groups excluding tert-OH is 1. The second-order valence-electron chi connectivity index (χ2n) is 5.51. The summed E-state index contributed by atoms with van der Waals surface area (Å²) in [5, 5.41) is 18.7. The van der Waals surface area contributed by atoms with E-state index in [1.807, 2.05) is 0 Å². The Morgan fingerprint density at radius 2 is 1.75 bits per heavy atom.